The van der Waals surface area contributed by atoms with Gasteiger partial charge in [-0.25, -0.2) is 4.79 Å². The van der Waals surface area contributed by atoms with Crippen LogP contribution in [0.3, 0.4) is 0 Å². The van der Waals surface area contributed by atoms with E-state index in [1.165, 1.54) is 18.2 Å². The van der Waals surface area contributed by atoms with Crippen molar-refractivity contribution in [3.8, 4) is 0 Å². The molecular weight excluding hydrogens is 260 g/mol. The smallest absolute Gasteiger partial charge is 0.337 e. The number of para-hydroxylation sites is 1. The third kappa shape index (κ3) is 2.59. The zero-order valence-electron chi connectivity index (χ0n) is 10.7. The summed E-state index contributed by atoms with van der Waals surface area (Å²) in [6, 6.07) is 12.7. The monoisotopic (exact) mass is 272 g/mol. The second-order valence-electron chi connectivity index (χ2n) is 4.16. The number of nitrogens with zero attached hydrogens (tertiary/aromatic N) is 2. The minimum atomic E-state index is -1.13. The van der Waals surface area contributed by atoms with E-state index >= 15 is 0 Å². The first-order valence-corrected chi connectivity index (χ1v) is 5.81. The topological polar surface area (TPSA) is 83.7 Å². The Morgan fingerprint density at radius 1 is 1.20 bits per heavy atom. The molecular formula is C14H12N2O4. The van der Waals surface area contributed by atoms with Gasteiger partial charge in [0.05, 0.1) is 16.2 Å². The molecule has 0 aliphatic carbocycles. The summed E-state index contributed by atoms with van der Waals surface area (Å²) < 4.78 is 0. The molecule has 2 aromatic carbocycles. The summed E-state index contributed by atoms with van der Waals surface area (Å²) in [5.41, 5.74) is 0.892. The Labute approximate surface area is 115 Å². The molecule has 0 aliphatic heterocycles. The summed E-state index contributed by atoms with van der Waals surface area (Å²) in [5, 5.41) is 20.0. The molecule has 20 heavy (non-hydrogen) atoms. The van der Waals surface area contributed by atoms with Crippen LogP contribution in [0.15, 0.2) is 48.5 Å². The van der Waals surface area contributed by atoms with Crippen molar-refractivity contribution in [1.29, 1.82) is 0 Å². The fourth-order valence-electron chi connectivity index (χ4n) is 1.88. The van der Waals surface area contributed by atoms with Gasteiger partial charge in [0.15, 0.2) is 0 Å². The van der Waals surface area contributed by atoms with Crippen molar-refractivity contribution in [2.75, 3.05) is 11.9 Å². The minimum Gasteiger partial charge on any atom is -0.478 e. The maximum Gasteiger partial charge on any atom is 0.337 e. The van der Waals surface area contributed by atoms with Crippen molar-refractivity contribution in [2.24, 2.45) is 0 Å². The maximum absolute atomic E-state index is 11.2. The Balaban J connectivity index is 2.55. The number of carbonyl (C=O) groups is 1. The molecule has 1 N–H and O–H groups in total. The number of hydrogen-bond donors (Lipinski definition) is 1. The van der Waals surface area contributed by atoms with E-state index in [9.17, 15) is 20.0 Å². The normalized spacial score (nSPS) is 10.1. The van der Waals surface area contributed by atoms with Gasteiger partial charge in [-0.2, -0.15) is 0 Å². The first-order valence-electron chi connectivity index (χ1n) is 5.81. The number of aromatic carboxylic acids is 1. The highest BCUT2D eigenvalue weighted by Gasteiger charge is 2.18. The Morgan fingerprint density at radius 2 is 1.85 bits per heavy atom. The van der Waals surface area contributed by atoms with Gasteiger partial charge in [-0.15, -0.1) is 0 Å². The van der Waals surface area contributed by atoms with E-state index in [-0.39, 0.29) is 16.9 Å². The second kappa shape index (κ2) is 5.40. The predicted molar refractivity (Wildman–Crippen MR) is 74.6 cm³/mol. The lowest BCUT2D eigenvalue weighted by molar-refractivity contribution is -0.384. The third-order valence-electron chi connectivity index (χ3n) is 2.93. The molecule has 0 heterocycles. The standard InChI is InChI=1S/C14H12N2O4/c1-15(10-5-3-2-4-6-10)13-9-11(16(19)20)7-8-12(13)14(17)18/h2-9H,1H3,(H,17,18). The highest BCUT2D eigenvalue weighted by atomic mass is 16.6. The summed E-state index contributed by atoms with van der Waals surface area (Å²) in [7, 11) is 1.67. The van der Waals surface area contributed by atoms with E-state index in [0.29, 0.717) is 0 Å². The highest BCUT2D eigenvalue weighted by Crippen LogP contribution is 2.30. The Bertz CT molecular complexity index is 655. The second-order valence-corrected chi connectivity index (χ2v) is 4.16. The molecule has 0 fully saturated rings. The largest absolute Gasteiger partial charge is 0.478 e. The molecule has 0 aromatic heterocycles. The molecule has 0 amide bonds. The lowest BCUT2D eigenvalue weighted by atomic mass is 10.1. The fraction of sp³-hybridized carbons (Fsp3) is 0.0714. The minimum absolute atomic E-state index is 0.0157. The van der Waals surface area contributed by atoms with E-state index in [0.717, 1.165) is 5.69 Å². The van der Waals surface area contributed by atoms with Crippen LogP contribution < -0.4 is 4.90 Å². The Morgan fingerprint density at radius 3 is 2.40 bits per heavy atom. The number of non-ortho nitro benzene ring substituents is 1. The SMILES string of the molecule is CN(c1ccccc1)c1cc([N+](=O)[O-])ccc1C(=O)O. The van der Waals surface area contributed by atoms with Crippen LogP contribution in [0.25, 0.3) is 0 Å². The van der Waals surface area contributed by atoms with Crippen LogP contribution in [0.5, 0.6) is 0 Å². The van der Waals surface area contributed by atoms with Crippen LogP contribution >= 0.6 is 0 Å². The molecule has 6 heteroatoms. The van der Waals surface area contributed by atoms with Gasteiger partial charge in [-0.05, 0) is 18.2 Å². The fourth-order valence-corrected chi connectivity index (χ4v) is 1.88. The molecule has 0 bridgehead atoms. The molecule has 0 radical (unpaired) electrons. The molecule has 6 nitrogen and oxygen atoms in total. The van der Waals surface area contributed by atoms with Crippen molar-refractivity contribution in [1.82, 2.24) is 0 Å². The van der Waals surface area contributed by atoms with E-state index in [1.807, 2.05) is 18.2 Å². The van der Waals surface area contributed by atoms with Gasteiger partial charge in [0.25, 0.3) is 5.69 Å². The Hall–Kier alpha value is -2.89. The molecule has 0 saturated carbocycles. The van der Waals surface area contributed by atoms with E-state index in [1.54, 1.807) is 24.1 Å². The average Bonchev–Trinajstić information content (AvgIpc) is 2.46. The number of benzene rings is 2. The lowest BCUT2D eigenvalue weighted by Crippen LogP contribution is -2.14. The van der Waals surface area contributed by atoms with E-state index < -0.39 is 10.9 Å². The Kier molecular flexibility index (Phi) is 3.65. The van der Waals surface area contributed by atoms with Crippen LogP contribution in [0, 0.1) is 10.1 Å². The number of anilines is 2. The lowest BCUT2D eigenvalue weighted by Gasteiger charge is -2.21. The van der Waals surface area contributed by atoms with Crippen LogP contribution in [0.4, 0.5) is 17.1 Å². The van der Waals surface area contributed by atoms with E-state index in [2.05, 4.69) is 0 Å². The molecule has 0 unspecified atom stereocenters. The number of hydrogen-bond acceptors (Lipinski definition) is 4. The zero-order valence-corrected chi connectivity index (χ0v) is 10.7. The number of carboxylic acid groups (broad SMARTS) is 1. The molecule has 102 valence electrons. The van der Waals surface area contributed by atoms with Gasteiger partial charge in [0.2, 0.25) is 0 Å². The summed E-state index contributed by atoms with van der Waals surface area (Å²) in [6.45, 7) is 0. The number of carboxylic acids is 1. The summed E-state index contributed by atoms with van der Waals surface area (Å²) in [4.78, 5) is 23.1. The first kappa shape index (κ1) is 13.5. The van der Waals surface area contributed by atoms with E-state index in [4.69, 9.17) is 0 Å². The van der Waals surface area contributed by atoms with Crippen molar-refractivity contribution in [3.05, 3.63) is 64.2 Å². The van der Waals surface area contributed by atoms with Gasteiger partial charge in [0.1, 0.15) is 0 Å². The zero-order chi connectivity index (χ0) is 14.7. The number of nitro groups is 1. The van der Waals surface area contributed by atoms with Gasteiger partial charge >= 0.3 is 5.97 Å². The molecule has 0 saturated heterocycles. The third-order valence-corrected chi connectivity index (χ3v) is 2.93. The highest BCUT2D eigenvalue weighted by molar-refractivity contribution is 5.96. The molecule has 0 atom stereocenters. The van der Waals surface area contributed by atoms with Gasteiger partial charge < -0.3 is 10.0 Å². The van der Waals surface area contributed by atoms with Crippen molar-refractivity contribution in [2.45, 2.75) is 0 Å². The quantitative estimate of drug-likeness (QED) is 0.683. The molecule has 2 aromatic rings. The van der Waals surface area contributed by atoms with Crippen LogP contribution in [0.2, 0.25) is 0 Å². The summed E-state index contributed by atoms with van der Waals surface area (Å²) >= 11 is 0. The van der Waals surface area contributed by atoms with Gasteiger partial charge in [0, 0.05) is 24.9 Å². The van der Waals surface area contributed by atoms with Crippen LogP contribution in [-0.4, -0.2) is 23.0 Å². The van der Waals surface area contributed by atoms with Crippen molar-refractivity contribution < 1.29 is 14.8 Å². The van der Waals surface area contributed by atoms with Gasteiger partial charge in [-0.1, -0.05) is 18.2 Å². The molecule has 2 rings (SSSR count). The molecule has 0 aliphatic rings. The van der Waals surface area contributed by atoms with Crippen molar-refractivity contribution in [3.63, 3.8) is 0 Å². The summed E-state index contributed by atoms with van der Waals surface area (Å²) in [6.07, 6.45) is 0. The average molecular weight is 272 g/mol. The van der Waals surface area contributed by atoms with Gasteiger partial charge in [-0.3, -0.25) is 10.1 Å². The number of nitro benzene ring substituents is 1. The summed E-state index contributed by atoms with van der Waals surface area (Å²) in [5.74, 6) is -1.13. The molecule has 0 spiro atoms. The maximum atomic E-state index is 11.2. The first-order chi connectivity index (χ1) is 9.50. The van der Waals surface area contributed by atoms with Crippen LogP contribution in [0.1, 0.15) is 10.4 Å². The number of rotatable bonds is 4. The van der Waals surface area contributed by atoms with Crippen LogP contribution in [-0.2, 0) is 0 Å². The predicted octanol–water partition coefficient (Wildman–Crippen LogP) is 3.06. The van der Waals surface area contributed by atoms with Crippen molar-refractivity contribution >= 4 is 23.0 Å².